The fraction of sp³-hybridized carbons (Fsp3) is 0.769. The number of esters is 1. The first-order valence-corrected chi connectivity index (χ1v) is 6.42. The minimum Gasteiger partial charge on any atom is -0.449 e. The minimum atomic E-state index is -0.248. The Morgan fingerprint density at radius 2 is 2.00 bits per heavy atom. The predicted octanol–water partition coefficient (Wildman–Crippen LogP) is -2.26. The largest absolute Gasteiger partial charge is 0.449 e. The number of likely N-dealkylation sites (N-methyl/N-ethyl adjacent to an activating group) is 1. The standard InChI is InChI=1S/C13H22N2O2/c1-4-13(17-12(2)16)6-5-7-15-10-8-14(3)9-11-15/h13H,4,7-11H2,1-3H3/p+2. The second-order valence-corrected chi connectivity index (χ2v) is 4.71. The Bertz CT molecular complexity index is 298. The highest BCUT2D eigenvalue weighted by atomic mass is 16.5. The zero-order chi connectivity index (χ0) is 12.7. The summed E-state index contributed by atoms with van der Waals surface area (Å²) in [5, 5.41) is 0. The van der Waals surface area contributed by atoms with Crippen LogP contribution in [0.3, 0.4) is 0 Å². The summed E-state index contributed by atoms with van der Waals surface area (Å²) in [5.41, 5.74) is 0. The number of quaternary nitrogens is 2. The molecule has 1 aliphatic heterocycles. The summed E-state index contributed by atoms with van der Waals surface area (Å²) in [6.07, 6.45) is 0.527. The minimum absolute atomic E-state index is 0.231. The van der Waals surface area contributed by atoms with Crippen LogP contribution in [0.15, 0.2) is 0 Å². The number of hydrogen-bond acceptors (Lipinski definition) is 2. The molecule has 4 heteroatoms. The van der Waals surface area contributed by atoms with Gasteiger partial charge in [0.1, 0.15) is 32.7 Å². The zero-order valence-electron chi connectivity index (χ0n) is 11.1. The van der Waals surface area contributed by atoms with Gasteiger partial charge >= 0.3 is 5.97 Å². The van der Waals surface area contributed by atoms with Crippen molar-refractivity contribution < 1.29 is 19.3 Å². The van der Waals surface area contributed by atoms with E-state index >= 15 is 0 Å². The van der Waals surface area contributed by atoms with Crippen LogP contribution in [0.25, 0.3) is 0 Å². The van der Waals surface area contributed by atoms with E-state index in [-0.39, 0.29) is 12.1 Å². The smallest absolute Gasteiger partial charge is 0.303 e. The van der Waals surface area contributed by atoms with Crippen molar-refractivity contribution in [2.75, 3.05) is 39.8 Å². The van der Waals surface area contributed by atoms with Crippen LogP contribution in [0.2, 0.25) is 0 Å². The van der Waals surface area contributed by atoms with Gasteiger partial charge in [-0.05, 0) is 12.3 Å². The summed E-state index contributed by atoms with van der Waals surface area (Å²) < 4.78 is 5.08. The van der Waals surface area contributed by atoms with Gasteiger partial charge in [-0.15, -0.1) is 0 Å². The molecular formula is C13H24N2O2+2. The molecule has 0 aromatic rings. The van der Waals surface area contributed by atoms with E-state index in [9.17, 15) is 4.79 Å². The van der Waals surface area contributed by atoms with E-state index in [1.807, 2.05) is 6.92 Å². The van der Waals surface area contributed by atoms with Gasteiger partial charge < -0.3 is 14.5 Å². The van der Waals surface area contributed by atoms with Crippen LogP contribution < -0.4 is 9.80 Å². The third-order valence-corrected chi connectivity index (χ3v) is 3.09. The quantitative estimate of drug-likeness (QED) is 0.432. The molecule has 4 nitrogen and oxygen atoms in total. The lowest BCUT2D eigenvalue weighted by Gasteiger charge is -2.25. The molecule has 1 aliphatic rings. The average Bonchev–Trinajstić information content (AvgIpc) is 2.30. The topological polar surface area (TPSA) is 35.2 Å². The maximum Gasteiger partial charge on any atom is 0.303 e. The monoisotopic (exact) mass is 240 g/mol. The predicted molar refractivity (Wildman–Crippen MR) is 65.8 cm³/mol. The van der Waals surface area contributed by atoms with Gasteiger partial charge in [0.15, 0.2) is 6.10 Å². The van der Waals surface area contributed by atoms with E-state index in [0.717, 1.165) is 13.0 Å². The lowest BCUT2D eigenvalue weighted by molar-refractivity contribution is -1.000. The average molecular weight is 240 g/mol. The van der Waals surface area contributed by atoms with Crippen molar-refractivity contribution in [1.29, 1.82) is 0 Å². The third kappa shape index (κ3) is 5.71. The lowest BCUT2D eigenvalue weighted by atomic mass is 10.2. The molecule has 17 heavy (non-hydrogen) atoms. The fourth-order valence-corrected chi connectivity index (χ4v) is 1.91. The molecule has 96 valence electrons. The molecule has 0 spiro atoms. The number of rotatable bonds is 3. The second-order valence-electron chi connectivity index (χ2n) is 4.71. The van der Waals surface area contributed by atoms with Crippen molar-refractivity contribution in [3.63, 3.8) is 0 Å². The number of carbonyl (C=O) groups is 1. The molecule has 0 aromatic carbocycles. The number of piperazine rings is 1. The molecule has 0 amide bonds. The summed E-state index contributed by atoms with van der Waals surface area (Å²) >= 11 is 0. The summed E-state index contributed by atoms with van der Waals surface area (Å²) in [5.74, 6) is 5.94. The van der Waals surface area contributed by atoms with Crippen molar-refractivity contribution >= 4 is 5.97 Å². The van der Waals surface area contributed by atoms with Gasteiger partial charge in [-0.3, -0.25) is 4.79 Å². The highest BCUT2D eigenvalue weighted by Crippen LogP contribution is 1.95. The van der Waals surface area contributed by atoms with Crippen molar-refractivity contribution in [1.82, 2.24) is 0 Å². The Morgan fingerprint density at radius 1 is 1.35 bits per heavy atom. The summed E-state index contributed by atoms with van der Waals surface area (Å²) in [7, 11) is 2.23. The number of ether oxygens (including phenoxy) is 1. The van der Waals surface area contributed by atoms with Crippen LogP contribution in [-0.4, -0.2) is 51.8 Å². The van der Waals surface area contributed by atoms with Gasteiger partial charge in [-0.2, -0.15) is 0 Å². The van der Waals surface area contributed by atoms with Gasteiger partial charge in [-0.1, -0.05) is 12.8 Å². The van der Waals surface area contributed by atoms with Crippen molar-refractivity contribution in [3.05, 3.63) is 0 Å². The van der Waals surface area contributed by atoms with E-state index in [0.29, 0.717) is 0 Å². The molecule has 1 rings (SSSR count). The fourth-order valence-electron chi connectivity index (χ4n) is 1.91. The Kier molecular flexibility index (Phi) is 6.03. The van der Waals surface area contributed by atoms with E-state index in [4.69, 9.17) is 4.74 Å². The molecule has 2 N–H and O–H groups in total. The van der Waals surface area contributed by atoms with E-state index < -0.39 is 0 Å². The number of nitrogens with one attached hydrogen (secondary N) is 2. The highest BCUT2D eigenvalue weighted by Gasteiger charge is 2.18. The molecule has 1 fully saturated rings. The summed E-state index contributed by atoms with van der Waals surface area (Å²) in [6, 6.07) is 0. The van der Waals surface area contributed by atoms with Crippen molar-refractivity contribution in [2.24, 2.45) is 0 Å². The second kappa shape index (κ2) is 7.31. The molecule has 0 radical (unpaired) electrons. The molecule has 0 aliphatic carbocycles. The van der Waals surface area contributed by atoms with Gasteiger partial charge in [0.2, 0.25) is 0 Å². The molecule has 1 heterocycles. The summed E-state index contributed by atoms with van der Waals surface area (Å²) in [4.78, 5) is 14.0. The van der Waals surface area contributed by atoms with E-state index in [1.54, 1.807) is 9.80 Å². The molecule has 1 unspecified atom stereocenters. The van der Waals surface area contributed by atoms with Gasteiger partial charge in [0.25, 0.3) is 0 Å². The van der Waals surface area contributed by atoms with Crippen molar-refractivity contribution in [2.45, 2.75) is 26.4 Å². The Labute approximate surface area is 104 Å². The van der Waals surface area contributed by atoms with Crippen LogP contribution in [0, 0.1) is 11.8 Å². The molecule has 0 aromatic heterocycles. The third-order valence-electron chi connectivity index (χ3n) is 3.09. The lowest BCUT2D eigenvalue weighted by Crippen LogP contribution is -3.26. The van der Waals surface area contributed by atoms with Crippen LogP contribution in [0.5, 0.6) is 0 Å². The molecule has 1 saturated heterocycles. The molecular weight excluding hydrogens is 216 g/mol. The van der Waals surface area contributed by atoms with Crippen LogP contribution in [0.1, 0.15) is 20.3 Å². The van der Waals surface area contributed by atoms with Gasteiger partial charge in [0, 0.05) is 6.92 Å². The van der Waals surface area contributed by atoms with Crippen LogP contribution >= 0.6 is 0 Å². The number of hydrogen-bond donors (Lipinski definition) is 2. The van der Waals surface area contributed by atoms with E-state index in [2.05, 4.69) is 18.9 Å². The number of carbonyl (C=O) groups excluding carboxylic acids is 1. The highest BCUT2D eigenvalue weighted by molar-refractivity contribution is 5.66. The molecule has 0 bridgehead atoms. The first kappa shape index (κ1) is 14.0. The first-order valence-electron chi connectivity index (χ1n) is 6.42. The van der Waals surface area contributed by atoms with Gasteiger partial charge in [-0.25, -0.2) is 0 Å². The Hall–Kier alpha value is -1.05. The van der Waals surface area contributed by atoms with Crippen LogP contribution in [-0.2, 0) is 9.53 Å². The van der Waals surface area contributed by atoms with E-state index in [1.165, 1.54) is 33.1 Å². The summed E-state index contributed by atoms with van der Waals surface area (Å²) in [6.45, 7) is 9.09. The normalized spacial score (nSPS) is 25.6. The van der Waals surface area contributed by atoms with Gasteiger partial charge in [0.05, 0.1) is 7.05 Å². The Morgan fingerprint density at radius 3 is 2.53 bits per heavy atom. The van der Waals surface area contributed by atoms with Crippen LogP contribution in [0.4, 0.5) is 0 Å². The molecule has 0 saturated carbocycles. The Balaban J connectivity index is 2.31. The maximum atomic E-state index is 10.8. The van der Waals surface area contributed by atoms with Crippen molar-refractivity contribution in [3.8, 4) is 11.8 Å². The SMILES string of the molecule is CCC(C#CC[NH+]1CC[NH+](C)CC1)OC(C)=O. The molecule has 1 atom stereocenters. The first-order chi connectivity index (χ1) is 8.11. The zero-order valence-corrected chi connectivity index (χ0v) is 11.1. The maximum absolute atomic E-state index is 10.8.